The van der Waals surface area contributed by atoms with E-state index in [2.05, 4.69) is 0 Å². The van der Waals surface area contributed by atoms with Crippen LogP contribution >= 0.6 is 0 Å². The zero-order valence-corrected chi connectivity index (χ0v) is 16.7. The first-order valence-electron chi connectivity index (χ1n) is 9.59. The standard InChI is InChI=1S/C22H25NO6/c1-3-10-26-18-7-5-17(6-8-18)22(25)29-15-21(24)23(2)14-16-4-9-19-20(13-16)28-12-11-27-19/h4-9,13H,3,10-12,14-15H2,1-2H3. The van der Waals surface area contributed by atoms with E-state index in [1.165, 1.54) is 4.90 Å². The fourth-order valence-corrected chi connectivity index (χ4v) is 2.78. The Morgan fingerprint density at radius 3 is 2.48 bits per heavy atom. The van der Waals surface area contributed by atoms with Gasteiger partial charge in [0, 0.05) is 13.6 Å². The highest BCUT2D eigenvalue weighted by Crippen LogP contribution is 2.31. The van der Waals surface area contributed by atoms with Crippen LogP contribution in [0.2, 0.25) is 0 Å². The minimum atomic E-state index is -0.548. The summed E-state index contributed by atoms with van der Waals surface area (Å²) in [6, 6.07) is 12.2. The number of nitrogens with zero attached hydrogens (tertiary/aromatic N) is 1. The Bertz CT molecular complexity index is 849. The van der Waals surface area contributed by atoms with E-state index in [0.717, 1.165) is 12.0 Å². The summed E-state index contributed by atoms with van der Waals surface area (Å²) in [7, 11) is 1.66. The average molecular weight is 399 g/mol. The Morgan fingerprint density at radius 1 is 1.03 bits per heavy atom. The first kappa shape index (κ1) is 20.5. The molecule has 0 unspecified atom stereocenters. The Balaban J connectivity index is 1.48. The van der Waals surface area contributed by atoms with Crippen LogP contribution in [0.1, 0.15) is 29.3 Å². The number of fused-ring (bicyclic) bond motifs is 1. The molecule has 0 bridgehead atoms. The van der Waals surface area contributed by atoms with Crippen molar-refractivity contribution in [3.05, 3.63) is 53.6 Å². The van der Waals surface area contributed by atoms with Gasteiger partial charge in [0.15, 0.2) is 18.1 Å². The van der Waals surface area contributed by atoms with Crippen LogP contribution in [-0.2, 0) is 16.1 Å². The summed E-state index contributed by atoms with van der Waals surface area (Å²) in [4.78, 5) is 26.0. The summed E-state index contributed by atoms with van der Waals surface area (Å²) < 4.78 is 21.7. The van der Waals surface area contributed by atoms with Crippen LogP contribution in [0, 0.1) is 0 Å². The Labute approximate surface area is 170 Å². The first-order chi connectivity index (χ1) is 14.1. The van der Waals surface area contributed by atoms with Crippen molar-refractivity contribution in [3.63, 3.8) is 0 Å². The van der Waals surface area contributed by atoms with Crippen molar-refractivity contribution in [3.8, 4) is 17.2 Å². The van der Waals surface area contributed by atoms with E-state index in [9.17, 15) is 9.59 Å². The number of esters is 1. The summed E-state index contributed by atoms with van der Waals surface area (Å²) >= 11 is 0. The number of carbonyl (C=O) groups excluding carboxylic acids is 2. The van der Waals surface area contributed by atoms with Gasteiger partial charge >= 0.3 is 5.97 Å². The maximum atomic E-state index is 12.3. The molecular formula is C22H25NO6. The molecule has 154 valence electrons. The number of amides is 1. The second kappa shape index (κ2) is 9.82. The predicted molar refractivity (Wildman–Crippen MR) is 106 cm³/mol. The van der Waals surface area contributed by atoms with Gasteiger partial charge in [0.2, 0.25) is 0 Å². The van der Waals surface area contributed by atoms with Crippen molar-refractivity contribution in [2.45, 2.75) is 19.9 Å². The van der Waals surface area contributed by atoms with Crippen molar-refractivity contribution in [2.24, 2.45) is 0 Å². The van der Waals surface area contributed by atoms with E-state index in [1.54, 1.807) is 31.3 Å². The van der Waals surface area contributed by atoms with E-state index >= 15 is 0 Å². The summed E-state index contributed by atoms with van der Waals surface area (Å²) in [5, 5.41) is 0. The number of carbonyl (C=O) groups is 2. The molecule has 7 heteroatoms. The third-order valence-corrected chi connectivity index (χ3v) is 4.34. The molecule has 0 spiro atoms. The highest BCUT2D eigenvalue weighted by Gasteiger charge is 2.16. The summed E-state index contributed by atoms with van der Waals surface area (Å²) in [5.41, 5.74) is 1.27. The second-order valence-electron chi connectivity index (χ2n) is 6.68. The third kappa shape index (κ3) is 5.63. The summed E-state index contributed by atoms with van der Waals surface area (Å²) in [6.45, 7) is 3.73. The van der Waals surface area contributed by atoms with Gasteiger partial charge in [0.1, 0.15) is 19.0 Å². The lowest BCUT2D eigenvalue weighted by molar-refractivity contribution is -0.133. The van der Waals surface area contributed by atoms with Gasteiger partial charge in [-0.25, -0.2) is 4.79 Å². The molecule has 0 atom stereocenters. The first-order valence-corrected chi connectivity index (χ1v) is 9.59. The van der Waals surface area contributed by atoms with Crippen LogP contribution in [0.3, 0.4) is 0 Å². The number of hydrogen-bond acceptors (Lipinski definition) is 6. The Morgan fingerprint density at radius 2 is 1.76 bits per heavy atom. The molecule has 7 nitrogen and oxygen atoms in total. The van der Waals surface area contributed by atoms with Gasteiger partial charge in [0.05, 0.1) is 12.2 Å². The third-order valence-electron chi connectivity index (χ3n) is 4.34. The highest BCUT2D eigenvalue weighted by molar-refractivity contribution is 5.91. The van der Waals surface area contributed by atoms with Crippen molar-refractivity contribution < 1.29 is 28.5 Å². The molecule has 0 saturated heterocycles. The van der Waals surface area contributed by atoms with Gasteiger partial charge in [-0.2, -0.15) is 0 Å². The molecule has 3 rings (SSSR count). The van der Waals surface area contributed by atoms with Crippen LogP contribution in [0.25, 0.3) is 0 Å². The van der Waals surface area contributed by atoms with E-state index < -0.39 is 5.97 Å². The quantitative estimate of drug-likeness (QED) is 0.635. The van der Waals surface area contributed by atoms with Crippen molar-refractivity contribution in [1.29, 1.82) is 0 Å². The fraction of sp³-hybridized carbons (Fsp3) is 0.364. The normalized spacial score (nSPS) is 12.2. The SMILES string of the molecule is CCCOc1ccc(C(=O)OCC(=O)N(C)Cc2ccc3c(c2)OCCO3)cc1. The predicted octanol–water partition coefficient (Wildman–Crippen LogP) is 3.06. The van der Waals surface area contributed by atoms with Gasteiger partial charge in [0.25, 0.3) is 5.91 Å². The molecule has 0 N–H and O–H groups in total. The largest absolute Gasteiger partial charge is 0.494 e. The molecular weight excluding hydrogens is 374 g/mol. The Hall–Kier alpha value is -3.22. The molecule has 0 aliphatic carbocycles. The van der Waals surface area contributed by atoms with Gasteiger partial charge in [-0.3, -0.25) is 4.79 Å². The lowest BCUT2D eigenvalue weighted by atomic mass is 10.2. The lowest BCUT2D eigenvalue weighted by Gasteiger charge is -2.21. The minimum Gasteiger partial charge on any atom is -0.494 e. The number of ether oxygens (including phenoxy) is 4. The molecule has 0 fully saturated rings. The molecule has 29 heavy (non-hydrogen) atoms. The van der Waals surface area contributed by atoms with Crippen molar-refractivity contribution >= 4 is 11.9 Å². The molecule has 1 aliphatic rings. The summed E-state index contributed by atoms with van der Waals surface area (Å²) in [6.07, 6.45) is 0.908. The maximum Gasteiger partial charge on any atom is 0.338 e. The number of likely N-dealkylation sites (N-methyl/N-ethyl adjacent to an activating group) is 1. The number of benzene rings is 2. The molecule has 1 aliphatic heterocycles. The molecule has 1 heterocycles. The smallest absolute Gasteiger partial charge is 0.338 e. The molecule has 0 aromatic heterocycles. The van der Waals surface area contributed by atoms with Crippen LogP contribution in [0.5, 0.6) is 17.2 Å². The zero-order valence-electron chi connectivity index (χ0n) is 16.7. The van der Waals surface area contributed by atoms with Gasteiger partial charge in [-0.05, 0) is 48.4 Å². The van der Waals surface area contributed by atoms with Crippen molar-refractivity contribution in [2.75, 3.05) is 33.5 Å². The molecule has 2 aromatic rings. The Kier molecular flexibility index (Phi) is 6.94. The topological polar surface area (TPSA) is 74.3 Å². The molecule has 0 radical (unpaired) electrons. The van der Waals surface area contributed by atoms with E-state index in [1.807, 2.05) is 25.1 Å². The van der Waals surface area contributed by atoms with E-state index in [0.29, 0.717) is 49.2 Å². The van der Waals surface area contributed by atoms with E-state index in [4.69, 9.17) is 18.9 Å². The van der Waals surface area contributed by atoms with Gasteiger partial charge in [-0.1, -0.05) is 13.0 Å². The lowest BCUT2D eigenvalue weighted by Crippen LogP contribution is -2.30. The maximum absolute atomic E-state index is 12.3. The summed E-state index contributed by atoms with van der Waals surface area (Å²) in [5.74, 6) is 1.23. The van der Waals surface area contributed by atoms with E-state index in [-0.39, 0.29) is 12.5 Å². The molecule has 1 amide bonds. The average Bonchev–Trinajstić information content (AvgIpc) is 2.76. The van der Waals surface area contributed by atoms with Crippen LogP contribution < -0.4 is 14.2 Å². The highest BCUT2D eigenvalue weighted by atomic mass is 16.6. The zero-order chi connectivity index (χ0) is 20.6. The monoisotopic (exact) mass is 399 g/mol. The fourth-order valence-electron chi connectivity index (χ4n) is 2.78. The minimum absolute atomic E-state index is 0.295. The van der Waals surface area contributed by atoms with Crippen LogP contribution in [0.4, 0.5) is 0 Å². The molecule has 2 aromatic carbocycles. The van der Waals surface area contributed by atoms with Crippen LogP contribution in [-0.4, -0.2) is 50.3 Å². The molecule has 0 saturated carbocycles. The van der Waals surface area contributed by atoms with Crippen LogP contribution in [0.15, 0.2) is 42.5 Å². The number of rotatable bonds is 8. The van der Waals surface area contributed by atoms with Gasteiger partial charge < -0.3 is 23.8 Å². The number of hydrogen-bond donors (Lipinski definition) is 0. The van der Waals surface area contributed by atoms with Gasteiger partial charge in [-0.15, -0.1) is 0 Å². The van der Waals surface area contributed by atoms with Crippen molar-refractivity contribution in [1.82, 2.24) is 4.90 Å². The second-order valence-corrected chi connectivity index (χ2v) is 6.68.